The highest BCUT2D eigenvalue weighted by molar-refractivity contribution is 9.10. The molecule has 0 unspecified atom stereocenters. The minimum Gasteiger partial charge on any atom is -0.480 e. The van der Waals surface area contributed by atoms with Gasteiger partial charge < -0.3 is 9.84 Å². The van der Waals surface area contributed by atoms with E-state index < -0.39 is 23.9 Å². The molecule has 0 saturated carbocycles. The van der Waals surface area contributed by atoms with Gasteiger partial charge in [-0.25, -0.2) is 4.79 Å². The van der Waals surface area contributed by atoms with Gasteiger partial charge in [0.2, 0.25) is 5.52 Å². The van der Waals surface area contributed by atoms with Crippen LogP contribution in [0.4, 0.5) is 0 Å². The maximum atomic E-state index is 12.8. The van der Waals surface area contributed by atoms with Gasteiger partial charge in [-0.1, -0.05) is 40.2 Å². The van der Waals surface area contributed by atoms with Crippen LogP contribution in [0.2, 0.25) is 0 Å². The number of carbonyl (C=O) groups excluding carboxylic acids is 1. The number of hydrogen-bond acceptors (Lipinski definition) is 4. The van der Waals surface area contributed by atoms with Crippen LogP contribution >= 0.6 is 15.9 Å². The third kappa shape index (κ3) is 2.96. The summed E-state index contributed by atoms with van der Waals surface area (Å²) in [6.45, 7) is 0. The van der Waals surface area contributed by atoms with Crippen molar-refractivity contribution < 1.29 is 19.2 Å². The van der Waals surface area contributed by atoms with E-state index in [-0.39, 0.29) is 5.57 Å². The summed E-state index contributed by atoms with van der Waals surface area (Å²) in [7, 11) is 0. The van der Waals surface area contributed by atoms with Crippen LogP contribution in [0.3, 0.4) is 0 Å². The van der Waals surface area contributed by atoms with Crippen molar-refractivity contribution in [3.8, 4) is 6.07 Å². The molecule has 0 bridgehead atoms. The third-order valence-electron chi connectivity index (χ3n) is 4.68. The van der Waals surface area contributed by atoms with Crippen molar-refractivity contribution in [1.29, 1.82) is 5.26 Å². The summed E-state index contributed by atoms with van der Waals surface area (Å²) >= 11 is 3.39. The van der Waals surface area contributed by atoms with Crippen molar-refractivity contribution in [2.24, 2.45) is 0 Å². The molecule has 27 heavy (non-hydrogen) atoms. The number of nitriles is 1. The molecule has 0 saturated heterocycles. The molecule has 132 valence electrons. The zero-order valence-corrected chi connectivity index (χ0v) is 15.6. The lowest BCUT2D eigenvalue weighted by Gasteiger charge is -2.26. The number of benzene rings is 2. The number of hydrogen-bond donors (Lipinski definition) is 1. The largest absolute Gasteiger partial charge is 0.480 e. The molecule has 2 aromatic carbocycles. The van der Waals surface area contributed by atoms with E-state index in [1.807, 2.05) is 66.7 Å². The van der Waals surface area contributed by atoms with Crippen LogP contribution in [0.5, 0.6) is 0 Å². The number of nitrogens with zero attached hydrogens (tertiary/aromatic N) is 2. The van der Waals surface area contributed by atoms with E-state index in [0.717, 1.165) is 20.9 Å². The lowest BCUT2D eigenvalue weighted by atomic mass is 9.83. The predicted molar refractivity (Wildman–Crippen MR) is 101 cm³/mol. The molecule has 1 aliphatic rings. The number of cyclic esters (lactones) is 1. The third-order valence-corrected chi connectivity index (χ3v) is 5.21. The molecule has 4 rings (SSSR count). The van der Waals surface area contributed by atoms with Crippen molar-refractivity contribution >= 4 is 32.8 Å². The van der Waals surface area contributed by atoms with E-state index in [2.05, 4.69) is 15.9 Å². The highest BCUT2D eigenvalue weighted by atomic mass is 79.9. The first-order valence-corrected chi connectivity index (χ1v) is 9.08. The molecule has 6 heteroatoms. The minimum absolute atomic E-state index is 0.0300. The highest BCUT2D eigenvalue weighted by Crippen LogP contribution is 2.39. The summed E-state index contributed by atoms with van der Waals surface area (Å²) in [4.78, 5) is 12.8. The Bertz CT molecular complexity index is 1110. The second-order valence-electron chi connectivity index (χ2n) is 6.20. The Morgan fingerprint density at radius 1 is 1.07 bits per heavy atom. The van der Waals surface area contributed by atoms with Crippen molar-refractivity contribution in [2.45, 2.75) is 12.0 Å². The van der Waals surface area contributed by atoms with Gasteiger partial charge in [0.15, 0.2) is 6.20 Å². The molecule has 0 radical (unpaired) electrons. The smallest absolute Gasteiger partial charge is 0.384 e. The lowest BCUT2D eigenvalue weighted by Crippen LogP contribution is -2.50. The molecule has 5 nitrogen and oxygen atoms in total. The number of allylic oxidation sites excluding steroid dienone is 1. The number of fused-ring (bicyclic) bond motifs is 1. The van der Waals surface area contributed by atoms with Crippen molar-refractivity contribution in [3.05, 3.63) is 88.4 Å². The maximum absolute atomic E-state index is 12.8. The van der Waals surface area contributed by atoms with Crippen LogP contribution in [-0.4, -0.2) is 11.1 Å². The summed E-state index contributed by atoms with van der Waals surface area (Å²) in [5.41, 5.74) is 1.61. The van der Waals surface area contributed by atoms with Crippen LogP contribution in [0.15, 0.2) is 82.9 Å². The molecule has 1 N–H and O–H groups in total. The standard InChI is InChI=1S/C21H13BrN2O3/c22-15-9-7-14(8-10-15)18-16(12-23)20(25)27-21(26)19(18)24-11-3-5-13-4-1-2-6-17(13)24/h1-11,18-19H/p+1/t18-,19+/m0/s1. The quantitative estimate of drug-likeness (QED) is 0.499. The van der Waals surface area contributed by atoms with Crippen LogP contribution in [0, 0.1) is 11.3 Å². The van der Waals surface area contributed by atoms with E-state index >= 15 is 0 Å². The first-order valence-electron chi connectivity index (χ1n) is 8.29. The summed E-state index contributed by atoms with van der Waals surface area (Å²) in [6, 6.07) is 20.0. The number of aliphatic hydroxyl groups is 1. The zero-order valence-electron chi connectivity index (χ0n) is 14.0. The first kappa shape index (κ1) is 17.3. The second kappa shape index (κ2) is 6.86. The molecular formula is C21H14BrN2O3+. The van der Waals surface area contributed by atoms with E-state index in [0.29, 0.717) is 0 Å². The number of ether oxygens (including phenoxy) is 1. The number of pyridine rings is 1. The number of aliphatic hydroxyl groups excluding tert-OH is 1. The predicted octanol–water partition coefficient (Wildman–Crippen LogP) is 4.06. The van der Waals surface area contributed by atoms with Crippen LogP contribution in [0.1, 0.15) is 17.5 Å². The van der Waals surface area contributed by atoms with E-state index in [9.17, 15) is 15.2 Å². The van der Waals surface area contributed by atoms with E-state index in [1.165, 1.54) is 0 Å². The van der Waals surface area contributed by atoms with Crippen LogP contribution in [-0.2, 0) is 9.53 Å². The summed E-state index contributed by atoms with van der Waals surface area (Å²) < 4.78 is 7.70. The summed E-state index contributed by atoms with van der Waals surface area (Å²) in [6.07, 6.45) is 1.79. The molecule has 2 heterocycles. The highest BCUT2D eigenvalue weighted by Gasteiger charge is 2.48. The van der Waals surface area contributed by atoms with Crippen molar-refractivity contribution in [3.63, 3.8) is 0 Å². The number of rotatable bonds is 2. The number of esters is 1. The van der Waals surface area contributed by atoms with Gasteiger partial charge >= 0.3 is 5.97 Å². The Morgan fingerprint density at radius 3 is 2.52 bits per heavy atom. The van der Waals surface area contributed by atoms with Gasteiger partial charge in [0.05, 0.1) is 5.92 Å². The molecule has 0 amide bonds. The topological polar surface area (TPSA) is 74.2 Å². The van der Waals surface area contributed by atoms with Crippen molar-refractivity contribution in [2.75, 3.05) is 0 Å². The lowest BCUT2D eigenvalue weighted by molar-refractivity contribution is -0.688. The zero-order chi connectivity index (χ0) is 19.0. The molecule has 0 aliphatic carbocycles. The normalized spacial score (nSPS) is 19.6. The second-order valence-corrected chi connectivity index (χ2v) is 7.12. The molecular weight excluding hydrogens is 408 g/mol. The average molecular weight is 422 g/mol. The summed E-state index contributed by atoms with van der Waals surface area (Å²) in [5.74, 6) is -1.91. The maximum Gasteiger partial charge on any atom is 0.384 e. The molecule has 3 aromatic rings. The van der Waals surface area contributed by atoms with Gasteiger partial charge in [-0.15, -0.1) is 0 Å². The molecule has 1 aliphatic heterocycles. The van der Waals surface area contributed by atoms with Crippen LogP contribution < -0.4 is 4.57 Å². The molecule has 0 spiro atoms. The van der Waals surface area contributed by atoms with Gasteiger partial charge in [0.1, 0.15) is 11.6 Å². The number of para-hydroxylation sites is 1. The van der Waals surface area contributed by atoms with Crippen LogP contribution in [0.25, 0.3) is 10.9 Å². The van der Waals surface area contributed by atoms with E-state index in [4.69, 9.17) is 4.74 Å². The average Bonchev–Trinajstić information content (AvgIpc) is 2.68. The number of aromatic nitrogens is 1. The Hall–Kier alpha value is -3.17. The summed E-state index contributed by atoms with van der Waals surface area (Å²) in [5, 5.41) is 20.7. The molecule has 2 atom stereocenters. The van der Waals surface area contributed by atoms with Crippen molar-refractivity contribution in [1.82, 2.24) is 0 Å². The Labute approximate surface area is 163 Å². The number of carbonyl (C=O) groups is 1. The van der Waals surface area contributed by atoms with Gasteiger partial charge in [0.25, 0.3) is 12.0 Å². The fraction of sp³-hybridized carbons (Fsp3) is 0.0952. The van der Waals surface area contributed by atoms with Gasteiger partial charge in [-0.05, 0) is 29.8 Å². The molecule has 0 fully saturated rings. The van der Waals surface area contributed by atoms with Gasteiger partial charge in [-0.3, -0.25) is 0 Å². The SMILES string of the molecule is N#CC1=C(O)OC(=O)[C@H]([n+]2cccc3ccccc32)[C@H]1c1ccc(Br)cc1. The Balaban J connectivity index is 1.97. The fourth-order valence-electron chi connectivity index (χ4n) is 3.47. The number of halogens is 1. The van der Waals surface area contributed by atoms with Gasteiger partial charge in [0, 0.05) is 22.0 Å². The first-order chi connectivity index (χ1) is 13.1. The molecule has 1 aromatic heterocycles. The van der Waals surface area contributed by atoms with Gasteiger partial charge in [-0.2, -0.15) is 9.83 Å². The fourth-order valence-corrected chi connectivity index (χ4v) is 3.74. The minimum atomic E-state index is -0.817. The Kier molecular flexibility index (Phi) is 4.38. The van der Waals surface area contributed by atoms with E-state index in [1.54, 1.807) is 10.8 Å². The Morgan fingerprint density at radius 2 is 1.78 bits per heavy atom. The monoisotopic (exact) mass is 421 g/mol.